The third-order valence-electron chi connectivity index (χ3n) is 3.41. The highest BCUT2D eigenvalue weighted by Gasteiger charge is 2.37. The highest BCUT2D eigenvalue weighted by Crippen LogP contribution is 2.34. The topological polar surface area (TPSA) is 70.5 Å². The number of thiophene rings is 1. The van der Waals surface area contributed by atoms with Crippen molar-refractivity contribution >= 4 is 23.2 Å². The molecule has 0 aliphatic carbocycles. The standard InChI is InChI=1S/C14H11FN2O3S/c15-8-1-2-10(16-7-8)13(18)17-5-3-11-9(4-6-21-11)12(17)14(19)20/h1-2,4,6-7,12H,3,5H2,(H,19,20). The maximum atomic E-state index is 12.9. The monoisotopic (exact) mass is 306 g/mol. The van der Waals surface area contributed by atoms with Crippen LogP contribution in [0, 0.1) is 5.82 Å². The van der Waals surface area contributed by atoms with E-state index < -0.39 is 23.7 Å². The van der Waals surface area contributed by atoms with Crippen LogP contribution in [0.1, 0.15) is 27.0 Å². The highest BCUT2D eigenvalue weighted by atomic mass is 32.1. The van der Waals surface area contributed by atoms with E-state index in [-0.39, 0.29) is 5.69 Å². The second-order valence-corrected chi connectivity index (χ2v) is 5.65. The van der Waals surface area contributed by atoms with Gasteiger partial charge in [0.05, 0.1) is 6.20 Å². The fourth-order valence-electron chi connectivity index (χ4n) is 2.45. The summed E-state index contributed by atoms with van der Waals surface area (Å²) >= 11 is 1.49. The fourth-order valence-corrected chi connectivity index (χ4v) is 3.35. The fraction of sp³-hybridized carbons (Fsp3) is 0.214. The minimum atomic E-state index is -1.08. The zero-order valence-corrected chi connectivity index (χ0v) is 11.6. The summed E-state index contributed by atoms with van der Waals surface area (Å²) in [5, 5.41) is 11.3. The Morgan fingerprint density at radius 1 is 1.38 bits per heavy atom. The average Bonchev–Trinajstić information content (AvgIpc) is 2.94. The Hall–Kier alpha value is -2.28. The van der Waals surface area contributed by atoms with Gasteiger partial charge in [0.2, 0.25) is 0 Å². The maximum Gasteiger partial charge on any atom is 0.331 e. The number of amides is 1. The number of hydrogen-bond acceptors (Lipinski definition) is 4. The molecule has 1 N–H and O–H groups in total. The summed E-state index contributed by atoms with van der Waals surface area (Å²) in [7, 11) is 0. The van der Waals surface area contributed by atoms with E-state index >= 15 is 0 Å². The Balaban J connectivity index is 1.96. The molecule has 3 heterocycles. The smallest absolute Gasteiger partial charge is 0.331 e. The van der Waals surface area contributed by atoms with E-state index in [1.54, 1.807) is 6.07 Å². The number of nitrogens with zero attached hydrogens (tertiary/aromatic N) is 2. The summed E-state index contributed by atoms with van der Waals surface area (Å²) in [6, 6.07) is 3.12. The van der Waals surface area contributed by atoms with Gasteiger partial charge < -0.3 is 10.0 Å². The first kappa shape index (κ1) is 13.7. The molecule has 2 aromatic heterocycles. The number of rotatable bonds is 2. The molecule has 21 heavy (non-hydrogen) atoms. The van der Waals surface area contributed by atoms with Gasteiger partial charge in [-0.1, -0.05) is 0 Å². The van der Waals surface area contributed by atoms with Crippen LogP contribution in [0.5, 0.6) is 0 Å². The molecule has 0 fully saturated rings. The Morgan fingerprint density at radius 3 is 2.86 bits per heavy atom. The van der Waals surface area contributed by atoms with Gasteiger partial charge in [-0.25, -0.2) is 14.2 Å². The number of carbonyl (C=O) groups excluding carboxylic acids is 1. The van der Waals surface area contributed by atoms with Crippen LogP contribution in [0.4, 0.5) is 4.39 Å². The van der Waals surface area contributed by atoms with Crippen LogP contribution in [0.3, 0.4) is 0 Å². The SMILES string of the molecule is O=C(O)C1c2ccsc2CCN1C(=O)c1ccc(F)cn1. The van der Waals surface area contributed by atoms with Crippen molar-refractivity contribution in [3.8, 4) is 0 Å². The molecule has 5 nitrogen and oxygen atoms in total. The molecule has 2 aromatic rings. The van der Waals surface area contributed by atoms with E-state index in [9.17, 15) is 19.1 Å². The molecular weight excluding hydrogens is 295 g/mol. The number of fused-ring (bicyclic) bond motifs is 1. The van der Waals surface area contributed by atoms with Crippen molar-refractivity contribution in [3.05, 3.63) is 51.7 Å². The molecule has 108 valence electrons. The first-order chi connectivity index (χ1) is 10.1. The van der Waals surface area contributed by atoms with Gasteiger partial charge in [-0.15, -0.1) is 11.3 Å². The molecule has 0 saturated carbocycles. The van der Waals surface area contributed by atoms with Gasteiger partial charge in [0.15, 0.2) is 6.04 Å². The Morgan fingerprint density at radius 2 is 2.19 bits per heavy atom. The van der Waals surface area contributed by atoms with E-state index in [2.05, 4.69) is 4.98 Å². The predicted octanol–water partition coefficient (Wildman–Crippen LogP) is 2.11. The zero-order chi connectivity index (χ0) is 15.0. The molecule has 0 bridgehead atoms. The van der Waals surface area contributed by atoms with Crippen LogP contribution >= 0.6 is 11.3 Å². The summed E-state index contributed by atoms with van der Waals surface area (Å²) in [6.45, 7) is 0.308. The second-order valence-electron chi connectivity index (χ2n) is 4.65. The van der Waals surface area contributed by atoms with Crippen LogP contribution in [0.15, 0.2) is 29.8 Å². The van der Waals surface area contributed by atoms with Gasteiger partial charge in [-0.2, -0.15) is 0 Å². The Labute approximate surface area is 123 Å². The minimum absolute atomic E-state index is 0.0429. The first-order valence-electron chi connectivity index (χ1n) is 6.29. The normalized spacial score (nSPS) is 17.4. The summed E-state index contributed by atoms with van der Waals surface area (Å²) in [4.78, 5) is 30.0. The van der Waals surface area contributed by atoms with Gasteiger partial charge >= 0.3 is 5.97 Å². The first-order valence-corrected chi connectivity index (χ1v) is 7.17. The van der Waals surface area contributed by atoms with Gasteiger partial charge in [0.25, 0.3) is 5.91 Å². The van der Waals surface area contributed by atoms with Crippen molar-refractivity contribution in [2.75, 3.05) is 6.54 Å². The third-order valence-corrected chi connectivity index (χ3v) is 4.40. The number of pyridine rings is 1. The second kappa shape index (κ2) is 5.25. The van der Waals surface area contributed by atoms with Crippen LogP contribution in [0.25, 0.3) is 0 Å². The number of carboxylic acid groups (broad SMARTS) is 1. The van der Waals surface area contributed by atoms with Crippen molar-refractivity contribution in [2.45, 2.75) is 12.5 Å². The zero-order valence-electron chi connectivity index (χ0n) is 10.8. The quantitative estimate of drug-likeness (QED) is 0.922. The summed E-state index contributed by atoms with van der Waals surface area (Å²) in [5.41, 5.74) is 0.690. The predicted molar refractivity (Wildman–Crippen MR) is 73.6 cm³/mol. The number of aromatic nitrogens is 1. The molecule has 0 saturated heterocycles. The molecule has 1 atom stereocenters. The minimum Gasteiger partial charge on any atom is -0.479 e. The summed E-state index contributed by atoms with van der Waals surface area (Å²) < 4.78 is 12.9. The lowest BCUT2D eigenvalue weighted by atomic mass is 9.99. The third kappa shape index (κ3) is 2.40. The summed E-state index contributed by atoms with van der Waals surface area (Å²) in [5.74, 6) is -2.12. The maximum absolute atomic E-state index is 12.9. The summed E-state index contributed by atoms with van der Waals surface area (Å²) in [6.07, 6.45) is 1.56. The van der Waals surface area contributed by atoms with Crippen molar-refractivity contribution in [2.24, 2.45) is 0 Å². The lowest BCUT2D eigenvalue weighted by molar-refractivity contribution is -0.142. The number of halogens is 1. The van der Waals surface area contributed by atoms with Gasteiger partial charge in [-0.3, -0.25) is 4.79 Å². The van der Waals surface area contributed by atoms with E-state index in [1.807, 2.05) is 5.38 Å². The van der Waals surface area contributed by atoms with Crippen LogP contribution < -0.4 is 0 Å². The van der Waals surface area contributed by atoms with Crippen molar-refractivity contribution in [1.29, 1.82) is 0 Å². The van der Waals surface area contributed by atoms with Crippen molar-refractivity contribution < 1.29 is 19.1 Å². The van der Waals surface area contributed by atoms with Crippen LogP contribution in [0.2, 0.25) is 0 Å². The van der Waals surface area contributed by atoms with E-state index in [0.29, 0.717) is 18.5 Å². The van der Waals surface area contributed by atoms with Crippen LogP contribution in [-0.2, 0) is 11.2 Å². The molecule has 1 unspecified atom stereocenters. The molecule has 3 rings (SSSR count). The molecule has 0 spiro atoms. The Kier molecular flexibility index (Phi) is 3.42. The van der Waals surface area contributed by atoms with Crippen molar-refractivity contribution in [1.82, 2.24) is 9.88 Å². The van der Waals surface area contributed by atoms with Crippen LogP contribution in [-0.4, -0.2) is 33.4 Å². The number of hydrogen-bond donors (Lipinski definition) is 1. The highest BCUT2D eigenvalue weighted by molar-refractivity contribution is 7.10. The lowest BCUT2D eigenvalue weighted by Crippen LogP contribution is -2.43. The number of aliphatic carboxylic acids is 1. The lowest BCUT2D eigenvalue weighted by Gasteiger charge is -2.32. The molecular formula is C14H11FN2O3S. The average molecular weight is 306 g/mol. The van der Waals surface area contributed by atoms with E-state index in [0.717, 1.165) is 17.1 Å². The van der Waals surface area contributed by atoms with E-state index in [1.165, 1.54) is 22.3 Å². The largest absolute Gasteiger partial charge is 0.479 e. The Bertz CT molecular complexity index is 698. The molecule has 7 heteroatoms. The van der Waals surface area contributed by atoms with E-state index in [4.69, 9.17) is 0 Å². The number of carbonyl (C=O) groups is 2. The van der Waals surface area contributed by atoms with Gasteiger partial charge in [0, 0.05) is 11.4 Å². The van der Waals surface area contributed by atoms with Gasteiger partial charge in [-0.05, 0) is 35.6 Å². The van der Waals surface area contributed by atoms with Gasteiger partial charge in [0.1, 0.15) is 11.5 Å². The molecule has 1 aliphatic rings. The van der Waals surface area contributed by atoms with Crippen molar-refractivity contribution in [3.63, 3.8) is 0 Å². The molecule has 0 radical (unpaired) electrons. The molecule has 1 amide bonds. The molecule has 1 aliphatic heterocycles. The number of carboxylic acids is 1. The molecule has 0 aromatic carbocycles.